The van der Waals surface area contributed by atoms with Crippen LogP contribution in [0.4, 0.5) is 0 Å². The van der Waals surface area contributed by atoms with Crippen LogP contribution in [0.15, 0.2) is 0 Å². The van der Waals surface area contributed by atoms with Gasteiger partial charge in [0.25, 0.3) is 0 Å². The molecule has 18 heavy (non-hydrogen) atoms. The van der Waals surface area contributed by atoms with Gasteiger partial charge in [-0.1, -0.05) is 27.2 Å². The van der Waals surface area contributed by atoms with E-state index in [0.717, 1.165) is 23.3 Å². The molecule has 0 amide bonds. The van der Waals surface area contributed by atoms with Gasteiger partial charge >= 0.3 is 0 Å². The third kappa shape index (κ3) is 4.16. The van der Waals surface area contributed by atoms with E-state index in [0.29, 0.717) is 5.41 Å². The molecule has 2 aliphatic rings. The molecule has 4 unspecified atom stereocenters. The number of rotatable bonds is 3. The van der Waals surface area contributed by atoms with E-state index in [2.05, 4.69) is 44.1 Å². The van der Waals surface area contributed by atoms with Gasteiger partial charge in [0.15, 0.2) is 0 Å². The molecule has 2 rings (SSSR count). The molecule has 2 aliphatic carbocycles. The quantitative estimate of drug-likeness (QED) is 0.811. The van der Waals surface area contributed by atoms with Crippen molar-refractivity contribution >= 4 is 11.8 Å². The molecule has 2 saturated carbocycles. The van der Waals surface area contributed by atoms with Crippen molar-refractivity contribution in [1.82, 2.24) is 5.32 Å². The molecule has 0 spiro atoms. The Balaban J connectivity index is 1.85. The van der Waals surface area contributed by atoms with Gasteiger partial charge in [-0.2, -0.15) is 11.8 Å². The van der Waals surface area contributed by atoms with Crippen molar-refractivity contribution in [2.24, 2.45) is 11.3 Å². The number of hydrogen-bond acceptors (Lipinski definition) is 2. The fourth-order valence-electron chi connectivity index (χ4n) is 4.32. The van der Waals surface area contributed by atoms with Crippen molar-refractivity contribution in [2.45, 2.75) is 83.1 Å². The Morgan fingerprint density at radius 1 is 1.06 bits per heavy atom. The second-order valence-corrected chi connectivity index (χ2v) is 8.64. The minimum atomic E-state index is 0.545. The highest BCUT2D eigenvalue weighted by Gasteiger charge is 2.33. The van der Waals surface area contributed by atoms with E-state index in [4.69, 9.17) is 0 Å². The van der Waals surface area contributed by atoms with Crippen LogP contribution < -0.4 is 5.32 Å². The lowest BCUT2D eigenvalue weighted by molar-refractivity contribution is 0.139. The van der Waals surface area contributed by atoms with Gasteiger partial charge in [-0.3, -0.25) is 0 Å². The zero-order valence-electron chi connectivity index (χ0n) is 12.7. The zero-order chi connectivity index (χ0) is 13.2. The predicted molar refractivity (Wildman–Crippen MR) is 83.3 cm³/mol. The molecule has 2 heteroatoms. The highest BCUT2D eigenvalue weighted by molar-refractivity contribution is 7.99. The van der Waals surface area contributed by atoms with Crippen LogP contribution in [-0.4, -0.2) is 23.6 Å². The molecular weight excluding hydrogens is 238 g/mol. The lowest BCUT2D eigenvalue weighted by Gasteiger charge is -2.42. The van der Waals surface area contributed by atoms with Gasteiger partial charge in [0, 0.05) is 17.3 Å². The van der Waals surface area contributed by atoms with Crippen molar-refractivity contribution in [2.75, 3.05) is 6.26 Å². The monoisotopic (exact) mass is 269 g/mol. The van der Waals surface area contributed by atoms with Crippen LogP contribution in [0.25, 0.3) is 0 Å². The Hall–Kier alpha value is 0.310. The molecule has 0 aromatic carbocycles. The second kappa shape index (κ2) is 6.17. The van der Waals surface area contributed by atoms with Crippen molar-refractivity contribution in [3.05, 3.63) is 0 Å². The number of hydrogen-bond donors (Lipinski definition) is 1. The average Bonchev–Trinajstić information content (AvgIpc) is 2.26. The summed E-state index contributed by atoms with van der Waals surface area (Å²) in [4.78, 5) is 0. The molecule has 0 aromatic heterocycles. The van der Waals surface area contributed by atoms with E-state index >= 15 is 0 Å². The summed E-state index contributed by atoms with van der Waals surface area (Å²) in [5.41, 5.74) is 0.545. The standard InChI is InChI=1S/C16H31NS/c1-12-8-14(11-16(2,3)10-12)17-13-6-5-7-15(9-13)18-4/h12-15,17H,5-11H2,1-4H3. The first-order valence-corrected chi connectivity index (χ1v) is 9.06. The van der Waals surface area contributed by atoms with Crippen molar-refractivity contribution in [3.63, 3.8) is 0 Å². The third-order valence-electron chi connectivity index (χ3n) is 4.82. The summed E-state index contributed by atoms with van der Waals surface area (Å²) < 4.78 is 0. The summed E-state index contributed by atoms with van der Waals surface area (Å²) in [5.74, 6) is 0.895. The highest BCUT2D eigenvalue weighted by Crippen LogP contribution is 2.39. The summed E-state index contributed by atoms with van der Waals surface area (Å²) in [5, 5.41) is 4.90. The minimum Gasteiger partial charge on any atom is -0.311 e. The maximum absolute atomic E-state index is 3.99. The van der Waals surface area contributed by atoms with Crippen LogP contribution in [0, 0.1) is 11.3 Å². The van der Waals surface area contributed by atoms with Gasteiger partial charge in [-0.15, -0.1) is 0 Å². The molecule has 0 heterocycles. The SMILES string of the molecule is CSC1CCCC(NC2CC(C)CC(C)(C)C2)C1. The molecular formula is C16H31NS. The van der Waals surface area contributed by atoms with E-state index in [1.807, 2.05) is 0 Å². The molecule has 0 bridgehead atoms. The molecule has 106 valence electrons. The number of thioether (sulfide) groups is 1. The summed E-state index contributed by atoms with van der Waals surface area (Å²) in [7, 11) is 0. The first-order valence-electron chi connectivity index (χ1n) is 7.77. The Labute approximate surface area is 118 Å². The molecule has 0 saturated heterocycles. The average molecular weight is 269 g/mol. The maximum atomic E-state index is 3.99. The topological polar surface area (TPSA) is 12.0 Å². The van der Waals surface area contributed by atoms with Gasteiger partial charge in [-0.25, -0.2) is 0 Å². The van der Waals surface area contributed by atoms with Crippen LogP contribution in [0.2, 0.25) is 0 Å². The van der Waals surface area contributed by atoms with E-state index < -0.39 is 0 Å². The first-order chi connectivity index (χ1) is 8.48. The van der Waals surface area contributed by atoms with Gasteiger partial charge in [0.1, 0.15) is 0 Å². The molecule has 0 radical (unpaired) electrons. The normalized spacial score (nSPS) is 40.7. The van der Waals surface area contributed by atoms with Gasteiger partial charge < -0.3 is 5.32 Å². The van der Waals surface area contributed by atoms with Crippen molar-refractivity contribution < 1.29 is 0 Å². The van der Waals surface area contributed by atoms with Crippen LogP contribution in [-0.2, 0) is 0 Å². The molecule has 2 fully saturated rings. The largest absolute Gasteiger partial charge is 0.311 e. The van der Waals surface area contributed by atoms with Crippen molar-refractivity contribution in [3.8, 4) is 0 Å². The van der Waals surface area contributed by atoms with Crippen LogP contribution in [0.1, 0.15) is 65.7 Å². The Morgan fingerprint density at radius 2 is 1.83 bits per heavy atom. The fourth-order valence-corrected chi connectivity index (χ4v) is 5.14. The Bertz CT molecular complexity index is 264. The van der Waals surface area contributed by atoms with E-state index in [1.165, 1.54) is 44.9 Å². The summed E-state index contributed by atoms with van der Waals surface area (Å²) >= 11 is 2.07. The highest BCUT2D eigenvalue weighted by atomic mass is 32.2. The number of nitrogens with one attached hydrogen (secondary N) is 1. The minimum absolute atomic E-state index is 0.545. The van der Waals surface area contributed by atoms with E-state index in [-0.39, 0.29) is 0 Å². The zero-order valence-corrected chi connectivity index (χ0v) is 13.5. The summed E-state index contributed by atoms with van der Waals surface area (Å²) in [6, 6.07) is 1.57. The summed E-state index contributed by atoms with van der Waals surface area (Å²) in [6.45, 7) is 7.33. The van der Waals surface area contributed by atoms with E-state index in [1.54, 1.807) is 0 Å². The van der Waals surface area contributed by atoms with Crippen molar-refractivity contribution in [1.29, 1.82) is 0 Å². The maximum Gasteiger partial charge on any atom is 0.00802 e. The summed E-state index contributed by atoms with van der Waals surface area (Å²) in [6.07, 6.45) is 12.1. The van der Waals surface area contributed by atoms with Gasteiger partial charge in [0.05, 0.1) is 0 Å². The Kier molecular flexibility index (Phi) is 5.05. The molecule has 0 aliphatic heterocycles. The van der Waals surface area contributed by atoms with Gasteiger partial charge in [0.2, 0.25) is 0 Å². The predicted octanol–water partition coefficient (Wildman–Crippen LogP) is 4.47. The molecule has 0 aromatic rings. The van der Waals surface area contributed by atoms with Crippen LogP contribution >= 0.6 is 11.8 Å². The molecule has 4 atom stereocenters. The molecule has 1 nitrogen and oxygen atoms in total. The first kappa shape index (κ1) is 14.7. The smallest absolute Gasteiger partial charge is 0.00802 e. The Morgan fingerprint density at radius 3 is 2.50 bits per heavy atom. The lowest BCUT2D eigenvalue weighted by atomic mass is 9.70. The van der Waals surface area contributed by atoms with Crippen LogP contribution in [0.5, 0.6) is 0 Å². The molecule has 1 N–H and O–H groups in total. The van der Waals surface area contributed by atoms with E-state index in [9.17, 15) is 0 Å². The fraction of sp³-hybridized carbons (Fsp3) is 1.00. The van der Waals surface area contributed by atoms with Gasteiger partial charge in [-0.05, 0) is 56.1 Å². The lowest BCUT2D eigenvalue weighted by Crippen LogP contribution is -2.46. The third-order valence-corrected chi connectivity index (χ3v) is 5.91. The second-order valence-electron chi connectivity index (χ2n) is 7.50. The van der Waals surface area contributed by atoms with Crippen LogP contribution in [0.3, 0.4) is 0 Å².